The Kier molecular flexibility index (Phi) is 5.82. The van der Waals surface area contributed by atoms with Gasteiger partial charge < -0.3 is 10.1 Å². The van der Waals surface area contributed by atoms with Crippen LogP contribution in [-0.2, 0) is 15.7 Å². The summed E-state index contributed by atoms with van der Waals surface area (Å²) in [4.78, 5) is 23.6. The molecule has 2 aromatic rings. The molecule has 0 saturated carbocycles. The number of hydrogen-bond donors (Lipinski definition) is 1. The molecule has 0 atom stereocenters. The van der Waals surface area contributed by atoms with Crippen LogP contribution in [0.4, 0.5) is 18.9 Å². The highest BCUT2D eigenvalue weighted by Gasteiger charge is 2.29. The quantitative estimate of drug-likeness (QED) is 0.645. The molecule has 0 aliphatic heterocycles. The van der Waals surface area contributed by atoms with E-state index in [1.807, 2.05) is 0 Å². The fourth-order valence-electron chi connectivity index (χ4n) is 2.13. The Hall–Kier alpha value is -3.09. The molecular formula is C19H16F3NO3. The summed E-state index contributed by atoms with van der Waals surface area (Å²) < 4.78 is 42.2. The Balaban J connectivity index is 2.09. The van der Waals surface area contributed by atoms with Crippen molar-refractivity contribution in [3.63, 3.8) is 0 Å². The molecule has 0 bridgehead atoms. The van der Waals surface area contributed by atoms with Gasteiger partial charge in [0.05, 0.1) is 18.2 Å². The highest BCUT2D eigenvalue weighted by atomic mass is 19.4. The highest BCUT2D eigenvalue weighted by Crippen LogP contribution is 2.29. The maximum Gasteiger partial charge on any atom is 0.416 e. The average molecular weight is 363 g/mol. The smallest absolute Gasteiger partial charge is 0.416 e. The van der Waals surface area contributed by atoms with Crippen LogP contribution in [-0.4, -0.2) is 19.0 Å². The number of benzene rings is 2. The summed E-state index contributed by atoms with van der Waals surface area (Å²) in [6, 6.07) is 9.18. The molecule has 26 heavy (non-hydrogen) atoms. The minimum atomic E-state index is -4.40. The minimum Gasteiger partial charge on any atom is -0.465 e. The Morgan fingerprint density at radius 1 is 1.08 bits per heavy atom. The van der Waals surface area contributed by atoms with Gasteiger partial charge in [0.1, 0.15) is 0 Å². The van der Waals surface area contributed by atoms with Crippen molar-refractivity contribution >= 4 is 23.6 Å². The summed E-state index contributed by atoms with van der Waals surface area (Å²) in [6.45, 7) is 1.76. The summed E-state index contributed by atoms with van der Waals surface area (Å²) in [6.07, 6.45) is -1.80. The highest BCUT2D eigenvalue weighted by molar-refractivity contribution is 6.03. The molecule has 1 N–H and O–H groups in total. The van der Waals surface area contributed by atoms with Crippen LogP contribution in [0.2, 0.25) is 0 Å². The molecule has 0 unspecified atom stereocenters. The lowest BCUT2D eigenvalue weighted by molar-refractivity contribution is -0.137. The van der Waals surface area contributed by atoms with Crippen LogP contribution in [0.15, 0.2) is 48.5 Å². The van der Waals surface area contributed by atoms with E-state index in [0.717, 1.165) is 17.7 Å². The van der Waals surface area contributed by atoms with Gasteiger partial charge in [-0.15, -0.1) is 0 Å². The molecule has 0 spiro atoms. The zero-order valence-electron chi connectivity index (χ0n) is 14.1. The molecule has 1 amide bonds. The standard InChI is InChI=1S/C19H16F3NO3/c1-12-3-7-14(18(25)26-2)11-16(12)23-17(24)10-6-13-4-8-15(9-5-13)19(20,21)22/h3-11H,1-2H3,(H,23,24)/b10-6+. The molecule has 136 valence electrons. The number of aryl methyl sites for hydroxylation is 1. The number of esters is 1. The molecule has 0 fully saturated rings. The lowest BCUT2D eigenvalue weighted by Crippen LogP contribution is -2.10. The topological polar surface area (TPSA) is 55.4 Å². The molecule has 2 aromatic carbocycles. The maximum atomic E-state index is 12.5. The zero-order valence-corrected chi connectivity index (χ0v) is 14.1. The van der Waals surface area contributed by atoms with Crippen molar-refractivity contribution < 1.29 is 27.5 Å². The van der Waals surface area contributed by atoms with Gasteiger partial charge in [0, 0.05) is 11.8 Å². The first-order valence-corrected chi connectivity index (χ1v) is 7.56. The molecule has 7 heteroatoms. The third kappa shape index (κ3) is 4.95. The Labute approximate surface area is 148 Å². The molecule has 0 heterocycles. The molecule has 0 aliphatic rings. The number of halogens is 3. The number of nitrogens with one attached hydrogen (secondary N) is 1. The summed E-state index contributed by atoms with van der Waals surface area (Å²) in [5, 5.41) is 2.62. The number of anilines is 1. The van der Waals surface area contributed by atoms with Crippen LogP contribution in [0.1, 0.15) is 27.0 Å². The van der Waals surface area contributed by atoms with Gasteiger partial charge in [0.2, 0.25) is 5.91 Å². The second kappa shape index (κ2) is 7.86. The van der Waals surface area contributed by atoms with Crippen molar-refractivity contribution in [1.82, 2.24) is 0 Å². The van der Waals surface area contributed by atoms with Crippen molar-refractivity contribution in [3.05, 3.63) is 70.8 Å². The van der Waals surface area contributed by atoms with E-state index < -0.39 is 23.6 Å². The summed E-state index contributed by atoms with van der Waals surface area (Å²) >= 11 is 0. The van der Waals surface area contributed by atoms with E-state index in [9.17, 15) is 22.8 Å². The van der Waals surface area contributed by atoms with Crippen molar-refractivity contribution in [2.45, 2.75) is 13.1 Å². The van der Waals surface area contributed by atoms with E-state index in [4.69, 9.17) is 0 Å². The van der Waals surface area contributed by atoms with Gasteiger partial charge >= 0.3 is 12.1 Å². The van der Waals surface area contributed by atoms with Crippen LogP contribution < -0.4 is 5.32 Å². The summed E-state index contributed by atoms with van der Waals surface area (Å²) in [5.41, 5.74) is 1.17. The van der Waals surface area contributed by atoms with Crippen molar-refractivity contribution in [3.8, 4) is 0 Å². The molecule has 4 nitrogen and oxygen atoms in total. The molecular weight excluding hydrogens is 347 g/mol. The molecule has 0 aromatic heterocycles. The minimum absolute atomic E-state index is 0.292. The van der Waals surface area contributed by atoms with Crippen molar-refractivity contribution in [2.75, 3.05) is 12.4 Å². The third-order valence-corrected chi connectivity index (χ3v) is 3.58. The lowest BCUT2D eigenvalue weighted by Gasteiger charge is -2.08. The van der Waals surface area contributed by atoms with Crippen LogP contribution >= 0.6 is 0 Å². The number of amides is 1. The second-order valence-corrected chi connectivity index (χ2v) is 5.46. The number of rotatable bonds is 4. The van der Waals surface area contributed by atoms with Crippen LogP contribution in [0.5, 0.6) is 0 Å². The van der Waals surface area contributed by atoms with Gasteiger partial charge in [0.15, 0.2) is 0 Å². The van der Waals surface area contributed by atoms with Crippen LogP contribution in [0, 0.1) is 6.92 Å². The molecule has 2 rings (SSSR count). The van der Waals surface area contributed by atoms with Gasteiger partial charge in [-0.1, -0.05) is 18.2 Å². The number of methoxy groups -OCH3 is 1. The van der Waals surface area contributed by atoms with Gasteiger partial charge in [-0.3, -0.25) is 4.79 Å². The van der Waals surface area contributed by atoms with Crippen molar-refractivity contribution in [2.24, 2.45) is 0 Å². The van der Waals surface area contributed by atoms with E-state index >= 15 is 0 Å². The Bertz CT molecular complexity index is 840. The van der Waals surface area contributed by atoms with Crippen LogP contribution in [0.25, 0.3) is 6.08 Å². The zero-order chi connectivity index (χ0) is 19.3. The number of carbonyl (C=O) groups excluding carboxylic acids is 2. The van der Waals surface area contributed by atoms with E-state index in [1.165, 1.54) is 37.5 Å². The first-order valence-electron chi connectivity index (χ1n) is 7.56. The van der Waals surface area contributed by atoms with Gasteiger partial charge in [0.25, 0.3) is 0 Å². The first kappa shape index (κ1) is 19.2. The second-order valence-electron chi connectivity index (χ2n) is 5.46. The molecule has 0 aliphatic carbocycles. The lowest BCUT2D eigenvalue weighted by atomic mass is 10.1. The van der Waals surface area contributed by atoms with Crippen molar-refractivity contribution in [1.29, 1.82) is 0 Å². The predicted molar refractivity (Wildman–Crippen MR) is 91.6 cm³/mol. The number of hydrogen-bond acceptors (Lipinski definition) is 3. The molecule has 0 saturated heterocycles. The van der Waals surface area contributed by atoms with Gasteiger partial charge in [-0.25, -0.2) is 4.79 Å². The van der Waals surface area contributed by atoms with Gasteiger partial charge in [-0.05, 0) is 48.4 Å². The summed E-state index contributed by atoms with van der Waals surface area (Å²) in [7, 11) is 1.26. The maximum absolute atomic E-state index is 12.5. The number of ether oxygens (including phenoxy) is 1. The fourth-order valence-corrected chi connectivity index (χ4v) is 2.13. The largest absolute Gasteiger partial charge is 0.465 e. The monoisotopic (exact) mass is 363 g/mol. The Morgan fingerprint density at radius 3 is 2.31 bits per heavy atom. The number of alkyl halides is 3. The first-order chi connectivity index (χ1) is 12.2. The normalized spacial score (nSPS) is 11.4. The third-order valence-electron chi connectivity index (χ3n) is 3.58. The predicted octanol–water partition coefficient (Wildman–Crippen LogP) is 4.45. The van der Waals surface area contributed by atoms with E-state index in [1.54, 1.807) is 19.1 Å². The van der Waals surface area contributed by atoms with E-state index in [-0.39, 0.29) is 0 Å². The average Bonchev–Trinajstić information content (AvgIpc) is 2.60. The fraction of sp³-hybridized carbons (Fsp3) is 0.158. The SMILES string of the molecule is COC(=O)c1ccc(C)c(NC(=O)/C=C/c2ccc(C(F)(F)F)cc2)c1. The number of carbonyl (C=O) groups is 2. The van der Waals surface area contributed by atoms with Gasteiger partial charge in [-0.2, -0.15) is 13.2 Å². The van der Waals surface area contributed by atoms with E-state index in [0.29, 0.717) is 16.8 Å². The molecule has 0 radical (unpaired) electrons. The Morgan fingerprint density at radius 2 is 1.73 bits per heavy atom. The summed E-state index contributed by atoms with van der Waals surface area (Å²) in [5.74, 6) is -1.00. The van der Waals surface area contributed by atoms with Crippen LogP contribution in [0.3, 0.4) is 0 Å². The van der Waals surface area contributed by atoms with E-state index in [2.05, 4.69) is 10.1 Å².